The standard InChI is InChI=1S/C12H23N3O2/c1-10(2)13-8-11-7-12(17-14-11)9-16-6-5-15(3)4/h7,10,13H,5-6,8-9H2,1-4H3. The quantitative estimate of drug-likeness (QED) is 0.694. The first-order valence-electron chi connectivity index (χ1n) is 5.98. The molecule has 0 amide bonds. The summed E-state index contributed by atoms with van der Waals surface area (Å²) in [6.07, 6.45) is 0. The Morgan fingerprint density at radius 1 is 1.47 bits per heavy atom. The zero-order valence-corrected chi connectivity index (χ0v) is 11.2. The van der Waals surface area contributed by atoms with Crippen LogP contribution in [0.3, 0.4) is 0 Å². The molecule has 1 heterocycles. The van der Waals surface area contributed by atoms with Crippen molar-refractivity contribution in [3.05, 3.63) is 17.5 Å². The fourth-order valence-electron chi connectivity index (χ4n) is 1.24. The number of ether oxygens (including phenoxy) is 1. The highest BCUT2D eigenvalue weighted by atomic mass is 16.5. The summed E-state index contributed by atoms with van der Waals surface area (Å²) < 4.78 is 10.6. The van der Waals surface area contributed by atoms with Crippen molar-refractivity contribution in [2.45, 2.75) is 33.0 Å². The van der Waals surface area contributed by atoms with Crippen molar-refractivity contribution in [2.75, 3.05) is 27.2 Å². The summed E-state index contributed by atoms with van der Waals surface area (Å²) in [7, 11) is 4.04. The fourth-order valence-corrected chi connectivity index (χ4v) is 1.24. The molecule has 0 fully saturated rings. The Bertz CT molecular complexity index is 310. The molecule has 0 aliphatic heterocycles. The summed E-state index contributed by atoms with van der Waals surface area (Å²) in [6.45, 7) is 7.04. The van der Waals surface area contributed by atoms with Crippen molar-refractivity contribution in [3.63, 3.8) is 0 Å². The van der Waals surface area contributed by atoms with Gasteiger partial charge in [-0.25, -0.2) is 0 Å². The van der Waals surface area contributed by atoms with Crippen LogP contribution in [-0.4, -0.2) is 43.3 Å². The van der Waals surface area contributed by atoms with Crippen LogP contribution in [0.15, 0.2) is 10.6 Å². The summed E-state index contributed by atoms with van der Waals surface area (Å²) >= 11 is 0. The predicted molar refractivity (Wildman–Crippen MR) is 66.7 cm³/mol. The lowest BCUT2D eigenvalue weighted by Gasteiger charge is -2.08. The summed E-state index contributed by atoms with van der Waals surface area (Å²) in [4.78, 5) is 2.08. The SMILES string of the molecule is CC(C)NCc1cc(COCCN(C)C)on1. The molecule has 0 aliphatic carbocycles. The van der Waals surface area contributed by atoms with Gasteiger partial charge in [-0.1, -0.05) is 19.0 Å². The van der Waals surface area contributed by atoms with Crippen molar-refractivity contribution in [1.82, 2.24) is 15.4 Å². The maximum atomic E-state index is 5.47. The van der Waals surface area contributed by atoms with Crippen LogP contribution in [0, 0.1) is 0 Å². The molecule has 1 N–H and O–H groups in total. The molecule has 0 spiro atoms. The number of rotatable bonds is 8. The van der Waals surface area contributed by atoms with E-state index in [4.69, 9.17) is 9.26 Å². The van der Waals surface area contributed by atoms with Gasteiger partial charge in [-0.05, 0) is 14.1 Å². The minimum Gasteiger partial charge on any atom is -0.372 e. The van der Waals surface area contributed by atoms with Gasteiger partial charge in [-0.15, -0.1) is 0 Å². The van der Waals surface area contributed by atoms with Gasteiger partial charge in [-0.2, -0.15) is 0 Å². The highest BCUT2D eigenvalue weighted by Crippen LogP contribution is 2.05. The lowest BCUT2D eigenvalue weighted by molar-refractivity contribution is 0.0884. The van der Waals surface area contributed by atoms with E-state index < -0.39 is 0 Å². The van der Waals surface area contributed by atoms with E-state index in [1.54, 1.807) is 0 Å². The first kappa shape index (κ1) is 14.2. The molecule has 0 aromatic carbocycles. The normalized spacial score (nSPS) is 11.6. The first-order valence-corrected chi connectivity index (χ1v) is 5.98. The lowest BCUT2D eigenvalue weighted by Crippen LogP contribution is -2.21. The molecule has 0 radical (unpaired) electrons. The van der Waals surface area contributed by atoms with Crippen LogP contribution in [0.1, 0.15) is 25.3 Å². The second-order valence-corrected chi connectivity index (χ2v) is 4.68. The fraction of sp³-hybridized carbons (Fsp3) is 0.750. The van der Waals surface area contributed by atoms with Crippen molar-refractivity contribution >= 4 is 0 Å². The lowest BCUT2D eigenvalue weighted by atomic mass is 10.3. The van der Waals surface area contributed by atoms with Crippen molar-refractivity contribution < 1.29 is 9.26 Å². The van der Waals surface area contributed by atoms with Gasteiger partial charge in [0.2, 0.25) is 0 Å². The van der Waals surface area contributed by atoms with Crippen LogP contribution in [0.4, 0.5) is 0 Å². The van der Waals surface area contributed by atoms with Gasteiger partial charge in [-0.3, -0.25) is 0 Å². The number of nitrogens with zero attached hydrogens (tertiary/aromatic N) is 2. The van der Waals surface area contributed by atoms with E-state index >= 15 is 0 Å². The molecule has 1 rings (SSSR count). The molecule has 5 nitrogen and oxygen atoms in total. The predicted octanol–water partition coefficient (Wildman–Crippen LogP) is 1.25. The molecular weight excluding hydrogens is 218 g/mol. The number of hydrogen-bond acceptors (Lipinski definition) is 5. The van der Waals surface area contributed by atoms with Crippen molar-refractivity contribution in [1.29, 1.82) is 0 Å². The van der Waals surface area contributed by atoms with Crippen LogP contribution in [0.5, 0.6) is 0 Å². The second kappa shape index (κ2) is 7.42. The van der Waals surface area contributed by atoms with E-state index in [9.17, 15) is 0 Å². The summed E-state index contributed by atoms with van der Waals surface area (Å²) in [5.74, 6) is 0.782. The topological polar surface area (TPSA) is 50.5 Å². The monoisotopic (exact) mass is 241 g/mol. The zero-order chi connectivity index (χ0) is 12.7. The number of likely N-dealkylation sites (N-methyl/N-ethyl adjacent to an activating group) is 1. The third kappa shape index (κ3) is 6.41. The van der Waals surface area contributed by atoms with Crippen molar-refractivity contribution in [2.24, 2.45) is 0 Å². The summed E-state index contributed by atoms with van der Waals surface area (Å²) in [6, 6.07) is 2.39. The van der Waals surface area contributed by atoms with E-state index in [1.165, 1.54) is 0 Å². The highest BCUT2D eigenvalue weighted by Gasteiger charge is 2.04. The smallest absolute Gasteiger partial charge is 0.162 e. The van der Waals surface area contributed by atoms with Crippen molar-refractivity contribution in [3.8, 4) is 0 Å². The molecule has 0 bridgehead atoms. The molecule has 0 unspecified atom stereocenters. The van der Waals surface area contributed by atoms with Gasteiger partial charge < -0.3 is 19.5 Å². The van der Waals surface area contributed by atoms with E-state index in [2.05, 4.69) is 29.2 Å². The van der Waals surface area contributed by atoms with E-state index in [0.717, 1.165) is 24.5 Å². The summed E-state index contributed by atoms with van der Waals surface area (Å²) in [5.41, 5.74) is 0.921. The van der Waals surface area contributed by atoms with Gasteiger partial charge >= 0.3 is 0 Å². The average molecular weight is 241 g/mol. The minimum atomic E-state index is 0.450. The first-order chi connectivity index (χ1) is 8.08. The highest BCUT2D eigenvalue weighted by molar-refractivity contribution is 5.04. The molecule has 1 aromatic heterocycles. The van der Waals surface area contributed by atoms with Gasteiger partial charge in [0.25, 0.3) is 0 Å². The van der Waals surface area contributed by atoms with E-state index in [1.807, 2.05) is 20.2 Å². The maximum absolute atomic E-state index is 5.47. The van der Waals surface area contributed by atoms with Gasteiger partial charge in [0.1, 0.15) is 6.61 Å². The number of nitrogens with one attached hydrogen (secondary N) is 1. The van der Waals surface area contributed by atoms with Gasteiger partial charge in [0.05, 0.1) is 12.3 Å². The Morgan fingerprint density at radius 3 is 2.88 bits per heavy atom. The van der Waals surface area contributed by atoms with E-state index in [-0.39, 0.29) is 0 Å². The molecule has 98 valence electrons. The Morgan fingerprint density at radius 2 is 2.24 bits per heavy atom. The van der Waals surface area contributed by atoms with Crippen LogP contribution in [0.25, 0.3) is 0 Å². The van der Waals surface area contributed by atoms with Crippen LogP contribution in [0.2, 0.25) is 0 Å². The van der Waals surface area contributed by atoms with Gasteiger partial charge in [0, 0.05) is 25.2 Å². The molecule has 0 saturated heterocycles. The number of hydrogen-bond donors (Lipinski definition) is 1. The Labute approximate surface area is 103 Å². The Hall–Kier alpha value is -0.910. The molecular formula is C12H23N3O2. The molecule has 5 heteroatoms. The third-order valence-corrected chi connectivity index (χ3v) is 2.23. The number of aromatic nitrogens is 1. The second-order valence-electron chi connectivity index (χ2n) is 4.68. The third-order valence-electron chi connectivity index (χ3n) is 2.23. The average Bonchev–Trinajstić information content (AvgIpc) is 2.69. The minimum absolute atomic E-state index is 0.450. The van der Waals surface area contributed by atoms with Crippen LogP contribution >= 0.6 is 0 Å². The molecule has 17 heavy (non-hydrogen) atoms. The Balaban J connectivity index is 2.21. The van der Waals surface area contributed by atoms with Crippen LogP contribution < -0.4 is 5.32 Å². The summed E-state index contributed by atoms with van der Waals surface area (Å²) in [5, 5.41) is 7.26. The Kier molecular flexibility index (Phi) is 6.18. The van der Waals surface area contributed by atoms with Gasteiger partial charge in [0.15, 0.2) is 5.76 Å². The molecule has 0 aliphatic rings. The molecule has 1 aromatic rings. The maximum Gasteiger partial charge on any atom is 0.162 e. The largest absolute Gasteiger partial charge is 0.372 e. The van der Waals surface area contributed by atoms with E-state index in [0.29, 0.717) is 19.3 Å². The zero-order valence-electron chi connectivity index (χ0n) is 11.2. The molecule has 0 atom stereocenters. The van der Waals surface area contributed by atoms with Crippen LogP contribution in [-0.2, 0) is 17.9 Å². The molecule has 0 saturated carbocycles.